The van der Waals surface area contributed by atoms with E-state index in [1.54, 1.807) is 6.08 Å². The summed E-state index contributed by atoms with van der Waals surface area (Å²) in [4.78, 5) is 40.1. The molecule has 2 amide bonds. The van der Waals surface area contributed by atoms with E-state index in [1.165, 1.54) is 0 Å². The lowest BCUT2D eigenvalue weighted by Crippen LogP contribution is -2.50. The minimum atomic E-state index is -0.687. The second-order valence-electron chi connectivity index (χ2n) is 14.2. The van der Waals surface area contributed by atoms with Crippen LogP contribution in [0.3, 0.4) is 0 Å². The Labute approximate surface area is 304 Å². The van der Waals surface area contributed by atoms with E-state index in [9.17, 15) is 19.5 Å². The Morgan fingerprint density at radius 2 is 1.43 bits per heavy atom. The number of nitrogens with one attached hydrogen (secondary N) is 2. The number of rotatable bonds is 22. The maximum atomic E-state index is 13.6. The number of carbonyl (C=O) groups excluding carboxylic acids is 3. The molecule has 0 bridgehead atoms. The van der Waals surface area contributed by atoms with Crippen LogP contribution in [0.2, 0.25) is 0 Å². The van der Waals surface area contributed by atoms with E-state index in [0.29, 0.717) is 25.9 Å². The molecule has 0 aliphatic heterocycles. The molecule has 0 aliphatic carbocycles. The molecule has 8 nitrogen and oxygen atoms in total. The summed E-state index contributed by atoms with van der Waals surface area (Å²) >= 11 is 0. The number of hydrogen-bond acceptors (Lipinski definition) is 6. The average Bonchev–Trinajstić information content (AvgIpc) is 3.12. The zero-order chi connectivity index (χ0) is 37.1. The van der Waals surface area contributed by atoms with Crippen LogP contribution in [-0.4, -0.2) is 48.2 Å². The van der Waals surface area contributed by atoms with E-state index >= 15 is 0 Å². The van der Waals surface area contributed by atoms with Crippen molar-refractivity contribution in [3.8, 4) is 5.75 Å². The molecule has 3 N–H and O–H groups in total. The molecule has 3 aromatic rings. The summed E-state index contributed by atoms with van der Waals surface area (Å²) in [6.07, 6.45) is 6.97. The number of amides is 2. The first-order chi connectivity index (χ1) is 24.5. The Balaban J connectivity index is 1.56. The molecule has 0 aliphatic rings. The van der Waals surface area contributed by atoms with Crippen molar-refractivity contribution in [1.82, 2.24) is 10.6 Å². The van der Waals surface area contributed by atoms with E-state index in [4.69, 9.17) is 9.47 Å². The van der Waals surface area contributed by atoms with Crippen molar-refractivity contribution in [3.05, 3.63) is 127 Å². The highest BCUT2D eigenvalue weighted by atomic mass is 16.5. The maximum absolute atomic E-state index is 13.6. The van der Waals surface area contributed by atoms with Gasteiger partial charge in [0.1, 0.15) is 19.0 Å². The number of carbonyl (C=O) groups is 3. The first-order valence-electron chi connectivity index (χ1n) is 17.9. The van der Waals surface area contributed by atoms with Gasteiger partial charge in [-0.2, -0.15) is 0 Å². The number of allylic oxidation sites excluding steroid dienone is 2. The van der Waals surface area contributed by atoms with Crippen molar-refractivity contribution in [2.24, 2.45) is 17.3 Å². The Morgan fingerprint density at radius 3 is 2.02 bits per heavy atom. The fourth-order valence-electron chi connectivity index (χ4n) is 5.69. The standard InChI is InChI=1S/C43H56N2O6/c1-6-8-11-21-36(26-32-17-12-9-13-18-32)42(49)51-31-39(43(3,4)5)45-41(48)35(16-7-2)28-40(47)44-37(29-46)27-33-22-24-38(25-23-33)50-30-34-19-14-10-15-20-34/h6-7,9-10,12-15,17-20,22-25,35-37,39,46H,1-2,8,11,16,21,26-31H2,3-5H3,(H,44,47)(H,45,48)/t35-,36-,37+,39-/m1/s1. The van der Waals surface area contributed by atoms with Gasteiger partial charge in [0.05, 0.1) is 30.5 Å². The lowest BCUT2D eigenvalue weighted by molar-refractivity contribution is -0.151. The van der Waals surface area contributed by atoms with Crippen LogP contribution in [0.4, 0.5) is 0 Å². The number of esters is 1. The van der Waals surface area contributed by atoms with Gasteiger partial charge < -0.3 is 25.2 Å². The monoisotopic (exact) mass is 696 g/mol. The normalized spacial score (nSPS) is 13.6. The topological polar surface area (TPSA) is 114 Å². The molecule has 0 spiro atoms. The summed E-state index contributed by atoms with van der Waals surface area (Å²) in [7, 11) is 0. The molecule has 0 fully saturated rings. The Morgan fingerprint density at radius 1 is 0.804 bits per heavy atom. The van der Waals surface area contributed by atoms with Gasteiger partial charge in [0, 0.05) is 6.42 Å². The van der Waals surface area contributed by atoms with Crippen LogP contribution < -0.4 is 15.4 Å². The van der Waals surface area contributed by atoms with Gasteiger partial charge in [-0.1, -0.05) is 106 Å². The highest BCUT2D eigenvalue weighted by molar-refractivity contribution is 5.86. The molecule has 4 atom stereocenters. The first kappa shape index (κ1) is 40.7. The third-order valence-electron chi connectivity index (χ3n) is 8.87. The van der Waals surface area contributed by atoms with Crippen LogP contribution in [-0.2, 0) is 38.6 Å². The van der Waals surface area contributed by atoms with E-state index in [-0.39, 0.29) is 49.8 Å². The molecule has 0 radical (unpaired) electrons. The molecule has 8 heteroatoms. The molecule has 274 valence electrons. The lowest BCUT2D eigenvalue weighted by atomic mass is 9.86. The highest BCUT2D eigenvalue weighted by Crippen LogP contribution is 2.23. The molecule has 0 saturated carbocycles. The van der Waals surface area contributed by atoms with Crippen LogP contribution in [0.1, 0.15) is 69.6 Å². The second kappa shape index (κ2) is 21.5. The largest absolute Gasteiger partial charge is 0.489 e. The quantitative estimate of drug-likeness (QED) is 0.0584. The summed E-state index contributed by atoms with van der Waals surface area (Å²) in [6, 6.07) is 26.3. The fourth-order valence-corrected chi connectivity index (χ4v) is 5.69. The van der Waals surface area contributed by atoms with Gasteiger partial charge in [-0.05, 0) is 72.8 Å². The molecular weight excluding hydrogens is 640 g/mol. The van der Waals surface area contributed by atoms with Crippen LogP contribution in [0, 0.1) is 17.3 Å². The van der Waals surface area contributed by atoms with E-state index < -0.39 is 23.4 Å². The second-order valence-corrected chi connectivity index (χ2v) is 14.2. The molecule has 0 aromatic heterocycles. The van der Waals surface area contributed by atoms with Crippen LogP contribution in [0.25, 0.3) is 0 Å². The molecule has 0 unspecified atom stereocenters. The Bertz CT molecular complexity index is 1500. The lowest BCUT2D eigenvalue weighted by Gasteiger charge is -2.32. The predicted octanol–water partition coefficient (Wildman–Crippen LogP) is 7.16. The van der Waals surface area contributed by atoms with Gasteiger partial charge in [0.15, 0.2) is 0 Å². The summed E-state index contributed by atoms with van der Waals surface area (Å²) in [5, 5.41) is 16.0. The highest BCUT2D eigenvalue weighted by Gasteiger charge is 2.32. The van der Waals surface area contributed by atoms with Crippen molar-refractivity contribution >= 4 is 17.8 Å². The van der Waals surface area contributed by atoms with Crippen LogP contribution in [0.5, 0.6) is 5.75 Å². The third kappa shape index (κ3) is 15.0. The van der Waals surface area contributed by atoms with Crippen molar-refractivity contribution in [1.29, 1.82) is 0 Å². The summed E-state index contributed by atoms with van der Waals surface area (Å²) in [5.74, 6) is -1.23. The van der Waals surface area contributed by atoms with E-state index in [2.05, 4.69) is 23.8 Å². The number of hydrogen-bond donors (Lipinski definition) is 3. The summed E-state index contributed by atoms with van der Waals surface area (Å²) in [5.41, 5.74) is 2.63. The molecular formula is C43H56N2O6. The summed E-state index contributed by atoms with van der Waals surface area (Å²) in [6.45, 7) is 13.7. The number of benzene rings is 3. The van der Waals surface area contributed by atoms with Gasteiger partial charge in [-0.15, -0.1) is 13.2 Å². The maximum Gasteiger partial charge on any atom is 0.309 e. The zero-order valence-corrected chi connectivity index (χ0v) is 30.5. The zero-order valence-electron chi connectivity index (χ0n) is 30.5. The van der Waals surface area contributed by atoms with Gasteiger partial charge in [0.2, 0.25) is 11.8 Å². The molecule has 51 heavy (non-hydrogen) atoms. The van der Waals surface area contributed by atoms with Crippen molar-refractivity contribution < 1.29 is 29.0 Å². The van der Waals surface area contributed by atoms with E-state index in [0.717, 1.165) is 35.3 Å². The van der Waals surface area contributed by atoms with Crippen LogP contribution >= 0.6 is 0 Å². The molecule has 0 heterocycles. The fraction of sp³-hybridized carbons (Fsp3) is 0.419. The van der Waals surface area contributed by atoms with Crippen molar-refractivity contribution in [2.75, 3.05) is 13.2 Å². The average molecular weight is 697 g/mol. The molecule has 0 saturated heterocycles. The Kier molecular flexibility index (Phi) is 17.2. The SMILES string of the molecule is C=CCCC[C@H](Cc1ccccc1)C(=O)OC[C@@H](NC(=O)[C@H](CC=C)CC(=O)N[C@H](CO)Cc1ccc(OCc2ccccc2)cc1)C(C)(C)C. The van der Waals surface area contributed by atoms with Gasteiger partial charge >= 0.3 is 5.97 Å². The molecule has 3 aromatic carbocycles. The number of aliphatic hydroxyl groups is 1. The van der Waals surface area contributed by atoms with Crippen molar-refractivity contribution in [2.45, 2.75) is 84.4 Å². The molecule has 3 rings (SSSR count). The predicted molar refractivity (Wildman–Crippen MR) is 203 cm³/mol. The minimum Gasteiger partial charge on any atom is -0.489 e. The van der Waals surface area contributed by atoms with Crippen LogP contribution in [0.15, 0.2) is 110 Å². The summed E-state index contributed by atoms with van der Waals surface area (Å²) < 4.78 is 11.7. The number of ether oxygens (including phenoxy) is 2. The first-order valence-corrected chi connectivity index (χ1v) is 17.9. The minimum absolute atomic E-state index is 0.0104. The number of unbranched alkanes of at least 4 members (excludes halogenated alkanes) is 1. The number of aliphatic hydroxyl groups excluding tert-OH is 1. The van der Waals surface area contributed by atoms with Gasteiger partial charge in [-0.3, -0.25) is 14.4 Å². The van der Waals surface area contributed by atoms with Crippen molar-refractivity contribution in [3.63, 3.8) is 0 Å². The smallest absolute Gasteiger partial charge is 0.309 e. The Hall–Kier alpha value is -4.69. The third-order valence-corrected chi connectivity index (χ3v) is 8.87. The van der Waals surface area contributed by atoms with E-state index in [1.807, 2.05) is 112 Å². The van der Waals surface area contributed by atoms with Gasteiger partial charge in [0.25, 0.3) is 0 Å². The van der Waals surface area contributed by atoms with Gasteiger partial charge in [-0.25, -0.2) is 0 Å².